The number of nitrogens with two attached hydrogens (primary N) is 2. The average molecular weight is 442 g/mol. The molecule has 5 N–H and O–H groups in total. The molecule has 0 aliphatic rings. The van der Waals surface area contributed by atoms with Gasteiger partial charge in [-0.1, -0.05) is 0 Å². The van der Waals surface area contributed by atoms with Gasteiger partial charge in [0.1, 0.15) is 12.1 Å². The highest BCUT2D eigenvalue weighted by Crippen LogP contribution is 2.35. The fraction of sp³-hybridized carbons (Fsp3) is 0.333. The quantitative estimate of drug-likeness (QED) is 0.300. The van der Waals surface area contributed by atoms with E-state index < -0.39 is 24.0 Å². The molecule has 0 unspecified atom stereocenters. The fourth-order valence-electron chi connectivity index (χ4n) is 1.42. The summed E-state index contributed by atoms with van der Waals surface area (Å²) < 4.78 is 6.16. The highest BCUT2D eigenvalue weighted by molar-refractivity contribution is 9.11. The maximum absolute atomic E-state index is 11.7. The third-order valence-electron chi connectivity index (χ3n) is 2.53. The van der Waals surface area contributed by atoms with Gasteiger partial charge in [0.05, 0.1) is 8.95 Å². The lowest BCUT2D eigenvalue weighted by Crippen LogP contribution is -2.35. The Balaban J connectivity index is 2.95. The number of halogens is 2. The Bertz CT molecular complexity index is 533. The summed E-state index contributed by atoms with van der Waals surface area (Å²) in [4.78, 5) is 22.4. The maximum atomic E-state index is 11.7. The number of carbonyl (C=O) groups excluding carboxylic acids is 1. The molecule has 2 atom stereocenters. The molecule has 21 heavy (non-hydrogen) atoms. The maximum Gasteiger partial charge on any atom is 0.329 e. The summed E-state index contributed by atoms with van der Waals surface area (Å²) in [6.45, 7) is 0. The number of carboxylic acids is 1. The van der Waals surface area contributed by atoms with Gasteiger partial charge in [-0.2, -0.15) is 12.6 Å². The van der Waals surface area contributed by atoms with E-state index in [9.17, 15) is 9.59 Å². The number of benzene rings is 1. The van der Waals surface area contributed by atoms with Crippen LogP contribution in [0.25, 0.3) is 0 Å². The SMILES string of the molecule is N[C@@H](Cc1cc(Br)c(OC(=O)[C@@H](N)CS)c(Br)c1)C(=O)O. The Labute approximate surface area is 143 Å². The van der Waals surface area contributed by atoms with Crippen molar-refractivity contribution in [2.45, 2.75) is 18.5 Å². The average Bonchev–Trinajstić information content (AvgIpc) is 2.41. The van der Waals surface area contributed by atoms with Crippen molar-refractivity contribution in [3.63, 3.8) is 0 Å². The molecule has 0 spiro atoms. The van der Waals surface area contributed by atoms with Crippen LogP contribution >= 0.6 is 44.5 Å². The van der Waals surface area contributed by atoms with Gasteiger partial charge in [0.2, 0.25) is 0 Å². The number of carbonyl (C=O) groups is 2. The van der Waals surface area contributed by atoms with E-state index in [0.29, 0.717) is 14.5 Å². The highest BCUT2D eigenvalue weighted by atomic mass is 79.9. The Morgan fingerprint density at radius 1 is 1.24 bits per heavy atom. The summed E-state index contributed by atoms with van der Waals surface area (Å²) in [6, 6.07) is 1.45. The molecule has 0 aromatic heterocycles. The first-order valence-corrected chi connectivity index (χ1v) is 8.02. The molecule has 0 aliphatic heterocycles. The number of aliphatic carboxylic acids is 1. The molecule has 1 aromatic carbocycles. The minimum atomic E-state index is -1.09. The minimum absolute atomic E-state index is 0.150. The van der Waals surface area contributed by atoms with E-state index >= 15 is 0 Å². The molecular weight excluding hydrogens is 428 g/mol. The largest absolute Gasteiger partial charge is 0.480 e. The molecule has 9 heteroatoms. The van der Waals surface area contributed by atoms with Crippen LogP contribution in [0.15, 0.2) is 21.1 Å². The number of rotatable bonds is 6. The van der Waals surface area contributed by atoms with E-state index in [1.165, 1.54) is 0 Å². The molecule has 0 radical (unpaired) electrons. The van der Waals surface area contributed by atoms with Crippen molar-refractivity contribution in [1.29, 1.82) is 0 Å². The zero-order valence-corrected chi connectivity index (χ0v) is 14.8. The molecule has 0 heterocycles. The number of esters is 1. The van der Waals surface area contributed by atoms with Gasteiger partial charge in [-0.05, 0) is 56.0 Å². The second-order valence-electron chi connectivity index (χ2n) is 4.25. The van der Waals surface area contributed by atoms with Gasteiger partial charge in [0.25, 0.3) is 0 Å². The smallest absolute Gasteiger partial charge is 0.329 e. The second kappa shape index (κ2) is 8.14. The summed E-state index contributed by atoms with van der Waals surface area (Å²) in [5, 5.41) is 8.80. The molecule has 1 aromatic rings. The summed E-state index contributed by atoms with van der Waals surface area (Å²) >= 11 is 10.5. The molecule has 0 fully saturated rings. The number of hydrogen-bond donors (Lipinski definition) is 4. The number of thiol groups is 1. The molecule has 0 saturated heterocycles. The molecular formula is C12H14Br2N2O4S. The fourth-order valence-corrected chi connectivity index (χ4v) is 3.01. The van der Waals surface area contributed by atoms with Crippen LogP contribution in [-0.2, 0) is 16.0 Å². The van der Waals surface area contributed by atoms with Crippen LogP contribution in [-0.4, -0.2) is 34.9 Å². The zero-order valence-electron chi connectivity index (χ0n) is 10.8. The van der Waals surface area contributed by atoms with Gasteiger partial charge >= 0.3 is 11.9 Å². The standard InChI is InChI=1S/C12H14Br2N2O4S/c13-6-1-5(3-8(15)11(17)18)2-7(14)10(6)20-12(19)9(16)4-21/h1-2,8-9,21H,3-4,15-16H2,(H,17,18)/t8-,9-/m0/s1. The van der Waals surface area contributed by atoms with Gasteiger partial charge < -0.3 is 21.3 Å². The monoisotopic (exact) mass is 440 g/mol. The normalized spacial score (nSPS) is 13.6. The van der Waals surface area contributed by atoms with Crippen molar-refractivity contribution in [1.82, 2.24) is 0 Å². The van der Waals surface area contributed by atoms with Gasteiger partial charge in [0.15, 0.2) is 5.75 Å². The minimum Gasteiger partial charge on any atom is -0.480 e. The van der Waals surface area contributed by atoms with Crippen molar-refractivity contribution >= 4 is 56.4 Å². The lowest BCUT2D eigenvalue weighted by atomic mass is 10.1. The Kier molecular flexibility index (Phi) is 7.14. The molecule has 1 rings (SSSR count). The van der Waals surface area contributed by atoms with E-state index in [0.717, 1.165) is 0 Å². The summed E-state index contributed by atoms with van der Waals surface area (Å²) in [5.74, 6) is -1.26. The first-order valence-electron chi connectivity index (χ1n) is 5.80. The van der Waals surface area contributed by atoms with Crippen LogP contribution in [0.2, 0.25) is 0 Å². The summed E-state index contributed by atoms with van der Waals surface area (Å²) in [6.07, 6.45) is 0.150. The van der Waals surface area contributed by atoms with Crippen molar-refractivity contribution in [3.8, 4) is 5.75 Å². The molecule has 0 saturated carbocycles. The topological polar surface area (TPSA) is 116 Å². The lowest BCUT2D eigenvalue weighted by molar-refractivity contribution is -0.138. The van der Waals surface area contributed by atoms with Gasteiger partial charge in [-0.15, -0.1) is 0 Å². The zero-order chi connectivity index (χ0) is 16.2. The van der Waals surface area contributed by atoms with E-state index in [4.69, 9.17) is 21.3 Å². The van der Waals surface area contributed by atoms with E-state index in [2.05, 4.69) is 44.5 Å². The second-order valence-corrected chi connectivity index (χ2v) is 6.32. The van der Waals surface area contributed by atoms with Crippen LogP contribution in [0.3, 0.4) is 0 Å². The highest BCUT2D eigenvalue weighted by Gasteiger charge is 2.19. The first kappa shape index (κ1) is 18.4. The summed E-state index contributed by atoms with van der Waals surface area (Å²) in [7, 11) is 0. The third-order valence-corrected chi connectivity index (χ3v) is 4.10. The molecule has 6 nitrogen and oxygen atoms in total. The van der Waals surface area contributed by atoms with Gasteiger partial charge in [-0.25, -0.2) is 4.79 Å². The molecule has 0 aliphatic carbocycles. The number of ether oxygens (including phenoxy) is 1. The molecule has 0 amide bonds. The van der Waals surface area contributed by atoms with Gasteiger partial charge in [0, 0.05) is 5.75 Å². The lowest BCUT2D eigenvalue weighted by Gasteiger charge is -2.14. The Morgan fingerprint density at radius 3 is 2.19 bits per heavy atom. The Morgan fingerprint density at radius 2 is 1.76 bits per heavy atom. The van der Waals surface area contributed by atoms with E-state index in [-0.39, 0.29) is 17.9 Å². The predicted molar refractivity (Wildman–Crippen MR) is 88.6 cm³/mol. The van der Waals surface area contributed by atoms with Crippen molar-refractivity contribution in [2.75, 3.05) is 5.75 Å². The summed E-state index contributed by atoms with van der Waals surface area (Å²) in [5.41, 5.74) is 11.7. The van der Waals surface area contributed by atoms with Crippen LogP contribution in [0.4, 0.5) is 0 Å². The van der Waals surface area contributed by atoms with Crippen molar-refractivity contribution < 1.29 is 19.4 Å². The number of hydrogen-bond acceptors (Lipinski definition) is 6. The van der Waals surface area contributed by atoms with Crippen molar-refractivity contribution in [3.05, 3.63) is 26.6 Å². The van der Waals surface area contributed by atoms with Crippen LogP contribution in [0.1, 0.15) is 5.56 Å². The van der Waals surface area contributed by atoms with Crippen molar-refractivity contribution in [2.24, 2.45) is 11.5 Å². The number of carboxylic acid groups (broad SMARTS) is 1. The van der Waals surface area contributed by atoms with Gasteiger partial charge in [-0.3, -0.25) is 4.79 Å². The van der Waals surface area contributed by atoms with Crippen LogP contribution in [0, 0.1) is 0 Å². The predicted octanol–water partition coefficient (Wildman–Crippen LogP) is 1.33. The van der Waals surface area contributed by atoms with E-state index in [1.54, 1.807) is 12.1 Å². The van der Waals surface area contributed by atoms with Crippen LogP contribution < -0.4 is 16.2 Å². The molecule has 116 valence electrons. The first-order chi connectivity index (χ1) is 9.76. The van der Waals surface area contributed by atoms with Crippen LogP contribution in [0.5, 0.6) is 5.75 Å². The third kappa shape index (κ3) is 5.26. The molecule has 0 bridgehead atoms. The Hall–Kier alpha value is -0.610. The van der Waals surface area contributed by atoms with E-state index in [1.807, 2.05) is 0 Å².